The monoisotopic (exact) mass is 376 g/mol. The Morgan fingerprint density at radius 3 is 2.42 bits per heavy atom. The summed E-state index contributed by atoms with van der Waals surface area (Å²) < 4.78 is 32.0. The molecule has 0 atom stereocenters. The van der Waals surface area contributed by atoms with Gasteiger partial charge in [0.05, 0.1) is 13.7 Å². The molecule has 7 heteroatoms. The molecule has 0 spiro atoms. The second kappa shape index (κ2) is 8.51. The highest BCUT2D eigenvalue weighted by molar-refractivity contribution is 7.89. The number of piperidine rings is 1. The van der Waals surface area contributed by atoms with Gasteiger partial charge in [-0.25, -0.2) is 13.4 Å². The normalized spacial score (nSPS) is 15.6. The van der Waals surface area contributed by atoms with Crippen LogP contribution in [0.1, 0.15) is 24.8 Å². The average molecular weight is 377 g/mol. The van der Waals surface area contributed by atoms with Crippen molar-refractivity contribution in [2.75, 3.05) is 32.1 Å². The van der Waals surface area contributed by atoms with Crippen molar-refractivity contribution in [1.82, 2.24) is 4.31 Å². The number of hydrogen-bond acceptors (Lipinski definition) is 4. The summed E-state index contributed by atoms with van der Waals surface area (Å²) in [4.78, 5) is 3.37. The van der Waals surface area contributed by atoms with E-state index in [9.17, 15) is 8.42 Å². The fourth-order valence-electron chi connectivity index (χ4n) is 3.07. The van der Waals surface area contributed by atoms with Crippen molar-refractivity contribution in [2.24, 2.45) is 0 Å². The first kappa shape index (κ1) is 18.7. The van der Waals surface area contributed by atoms with Crippen LogP contribution in [0.15, 0.2) is 47.5 Å². The largest absolute Gasteiger partial charge is 0.497 e. The Hall–Kier alpha value is -2.12. The van der Waals surface area contributed by atoms with Crippen molar-refractivity contribution in [3.8, 4) is 5.75 Å². The third-order valence-electron chi connectivity index (χ3n) is 4.63. The first-order chi connectivity index (χ1) is 12.6. The van der Waals surface area contributed by atoms with Crippen LogP contribution in [0.2, 0.25) is 0 Å². The third-order valence-corrected chi connectivity index (χ3v) is 6.52. The number of benzene rings is 1. The van der Waals surface area contributed by atoms with Gasteiger partial charge in [-0.1, -0.05) is 18.6 Å². The van der Waals surface area contributed by atoms with Crippen molar-refractivity contribution in [3.63, 3.8) is 0 Å². The van der Waals surface area contributed by atoms with Crippen LogP contribution in [-0.2, 0) is 16.4 Å². The lowest BCUT2D eigenvalue weighted by molar-refractivity contribution is -0.364. The van der Waals surface area contributed by atoms with E-state index >= 15 is 0 Å². The maximum atomic E-state index is 12.6. The third kappa shape index (κ3) is 4.53. The summed E-state index contributed by atoms with van der Waals surface area (Å²) in [7, 11) is -1.73. The lowest BCUT2D eigenvalue weighted by Gasteiger charge is -2.25. The Kier molecular flexibility index (Phi) is 6.11. The van der Waals surface area contributed by atoms with E-state index in [0.717, 1.165) is 43.8 Å². The Labute approximate surface area is 155 Å². The second-order valence-corrected chi connectivity index (χ2v) is 8.37. The topological polar surface area (TPSA) is 72.8 Å². The van der Waals surface area contributed by atoms with Gasteiger partial charge in [-0.2, -0.15) is 4.31 Å². The number of sulfonamides is 1. The number of aromatic amines is 1. The zero-order chi connectivity index (χ0) is 18.4. The lowest BCUT2D eigenvalue weighted by atomic mass is 10.1. The van der Waals surface area contributed by atoms with E-state index < -0.39 is 10.0 Å². The molecule has 0 bridgehead atoms. The predicted molar refractivity (Wildman–Crippen MR) is 101 cm³/mol. The van der Waals surface area contributed by atoms with Crippen molar-refractivity contribution >= 4 is 15.8 Å². The van der Waals surface area contributed by atoms with Gasteiger partial charge in [-0.3, -0.25) is 5.32 Å². The van der Waals surface area contributed by atoms with Crippen LogP contribution in [0.25, 0.3) is 0 Å². The number of anilines is 1. The van der Waals surface area contributed by atoms with E-state index in [4.69, 9.17) is 4.74 Å². The first-order valence-corrected chi connectivity index (χ1v) is 10.4. The van der Waals surface area contributed by atoms with Crippen molar-refractivity contribution in [3.05, 3.63) is 48.2 Å². The molecule has 1 aliphatic heterocycles. The van der Waals surface area contributed by atoms with E-state index in [1.54, 1.807) is 29.7 Å². The Morgan fingerprint density at radius 1 is 1.08 bits per heavy atom. The number of pyridine rings is 1. The minimum Gasteiger partial charge on any atom is -0.497 e. The van der Waals surface area contributed by atoms with Crippen molar-refractivity contribution in [2.45, 2.75) is 30.6 Å². The van der Waals surface area contributed by atoms with Crippen molar-refractivity contribution in [1.29, 1.82) is 0 Å². The van der Waals surface area contributed by atoms with Crippen molar-refractivity contribution < 1.29 is 18.1 Å². The summed E-state index contributed by atoms with van der Waals surface area (Å²) in [6.45, 7) is 1.98. The average Bonchev–Trinajstić information content (AvgIpc) is 2.69. The molecule has 1 aromatic heterocycles. The Morgan fingerprint density at radius 2 is 1.81 bits per heavy atom. The number of H-pyrrole nitrogens is 1. The maximum absolute atomic E-state index is 12.6. The van der Waals surface area contributed by atoms with Crippen LogP contribution in [0.5, 0.6) is 5.75 Å². The zero-order valence-electron chi connectivity index (χ0n) is 15.1. The first-order valence-electron chi connectivity index (χ1n) is 8.98. The van der Waals surface area contributed by atoms with E-state index in [1.165, 1.54) is 5.56 Å². The molecule has 1 fully saturated rings. The fraction of sp³-hybridized carbons (Fsp3) is 0.421. The van der Waals surface area contributed by atoms with Crippen LogP contribution in [0.3, 0.4) is 0 Å². The summed E-state index contributed by atoms with van der Waals surface area (Å²) in [6.07, 6.45) is 5.42. The maximum Gasteiger partial charge on any atom is 0.272 e. The van der Waals surface area contributed by atoms with Gasteiger partial charge < -0.3 is 4.74 Å². The quantitative estimate of drug-likeness (QED) is 0.805. The second-order valence-electron chi connectivity index (χ2n) is 6.43. The van der Waals surface area contributed by atoms with Crippen LogP contribution < -0.4 is 15.0 Å². The molecule has 0 amide bonds. The van der Waals surface area contributed by atoms with Crippen LogP contribution in [0, 0.1) is 0 Å². The van der Waals surface area contributed by atoms with Gasteiger partial charge in [0.1, 0.15) is 16.8 Å². The molecule has 140 valence electrons. The molecule has 6 nitrogen and oxygen atoms in total. The van der Waals surface area contributed by atoms with Gasteiger partial charge in [0, 0.05) is 25.6 Å². The summed E-state index contributed by atoms with van der Waals surface area (Å²) in [6, 6.07) is 11.4. The molecule has 0 radical (unpaired) electrons. The minimum absolute atomic E-state index is 0.320. The van der Waals surface area contributed by atoms with Gasteiger partial charge in [0.15, 0.2) is 0 Å². The molecule has 26 heavy (non-hydrogen) atoms. The number of rotatable bonds is 7. The molecule has 2 aromatic rings. The Bertz CT molecular complexity index is 799. The molecule has 1 saturated heterocycles. The SMILES string of the molecule is COc1ccc(CCNc2ccc(S(=O)(=O)N3CCCCC3)c[nH+]2)cc1. The minimum atomic E-state index is -3.39. The van der Waals surface area contributed by atoms with Gasteiger partial charge >= 0.3 is 0 Å². The fourth-order valence-corrected chi connectivity index (χ4v) is 4.55. The van der Waals surface area contributed by atoms with Crippen LogP contribution in [0.4, 0.5) is 5.82 Å². The molecule has 0 saturated carbocycles. The number of methoxy groups -OCH3 is 1. The number of aromatic nitrogens is 1. The molecule has 2 heterocycles. The summed E-state index contributed by atoms with van der Waals surface area (Å²) in [5.41, 5.74) is 1.21. The zero-order valence-corrected chi connectivity index (χ0v) is 15.9. The van der Waals surface area contributed by atoms with Gasteiger partial charge in [0.25, 0.3) is 5.82 Å². The number of nitrogens with zero attached hydrogens (tertiary/aromatic N) is 1. The molecule has 0 aliphatic carbocycles. The van der Waals surface area contributed by atoms with E-state index in [2.05, 4.69) is 10.3 Å². The highest BCUT2D eigenvalue weighted by Gasteiger charge is 2.26. The Balaban J connectivity index is 1.55. The van der Waals surface area contributed by atoms with Crippen LogP contribution in [-0.4, -0.2) is 39.5 Å². The summed E-state index contributed by atoms with van der Waals surface area (Å²) >= 11 is 0. The van der Waals surface area contributed by atoms with E-state index in [1.807, 2.05) is 24.3 Å². The lowest BCUT2D eigenvalue weighted by Crippen LogP contribution is -2.36. The molecular formula is C19H26N3O3S+. The standard InChI is InChI=1S/C19H25N3O3S/c1-25-17-7-5-16(6-8-17)11-12-20-19-10-9-18(15-21-19)26(23,24)22-13-3-2-4-14-22/h5-10,15H,2-4,11-14H2,1H3,(H,20,21)/p+1. The number of nitrogens with one attached hydrogen (secondary N) is 2. The summed E-state index contributed by atoms with van der Waals surface area (Å²) in [5.74, 6) is 1.65. The van der Waals surface area contributed by atoms with Gasteiger partial charge in [-0.15, -0.1) is 0 Å². The number of hydrogen-bond donors (Lipinski definition) is 1. The highest BCUT2D eigenvalue weighted by atomic mass is 32.2. The molecule has 1 aromatic carbocycles. The smallest absolute Gasteiger partial charge is 0.272 e. The van der Waals surface area contributed by atoms with E-state index in [0.29, 0.717) is 18.0 Å². The molecular weight excluding hydrogens is 350 g/mol. The summed E-state index contributed by atoms with van der Waals surface area (Å²) in [5, 5.41) is 3.28. The van der Waals surface area contributed by atoms with Crippen LogP contribution >= 0.6 is 0 Å². The predicted octanol–water partition coefficient (Wildman–Crippen LogP) is 2.34. The molecule has 1 aliphatic rings. The number of ether oxygens (including phenoxy) is 1. The molecule has 3 rings (SSSR count). The van der Waals surface area contributed by atoms with Gasteiger partial charge in [-0.05, 0) is 36.6 Å². The van der Waals surface area contributed by atoms with E-state index in [-0.39, 0.29) is 0 Å². The molecule has 2 N–H and O–H groups in total. The molecule has 0 unspecified atom stereocenters. The van der Waals surface area contributed by atoms with Gasteiger partial charge in [0.2, 0.25) is 10.0 Å². The highest BCUT2D eigenvalue weighted by Crippen LogP contribution is 2.19.